The van der Waals surface area contributed by atoms with Crippen molar-refractivity contribution in [3.8, 4) is 0 Å². The molecule has 2 N–H and O–H groups in total. The van der Waals surface area contributed by atoms with E-state index in [0.29, 0.717) is 0 Å². The zero-order valence-corrected chi connectivity index (χ0v) is 13.6. The first-order valence-electron chi connectivity index (χ1n) is 6.29. The van der Waals surface area contributed by atoms with Gasteiger partial charge in [-0.25, -0.2) is 8.78 Å². The van der Waals surface area contributed by atoms with Crippen LogP contribution in [0.3, 0.4) is 0 Å². The summed E-state index contributed by atoms with van der Waals surface area (Å²) in [5.41, 5.74) is -0.436. The van der Waals surface area contributed by atoms with E-state index in [9.17, 15) is 13.6 Å². The summed E-state index contributed by atoms with van der Waals surface area (Å²) in [5.74, 6) is -1.50. The standard InChI is InChI=1S/C14H19BrF2N2O/c1-8(13(20)19-14(2,3)4)18-7-9-11(16)6-5-10(15)12(9)17/h5-6,8,18H,7H2,1-4H3,(H,19,20). The first-order chi connectivity index (χ1) is 9.11. The summed E-state index contributed by atoms with van der Waals surface area (Å²) in [4.78, 5) is 11.8. The van der Waals surface area contributed by atoms with Crippen LogP contribution < -0.4 is 10.6 Å². The van der Waals surface area contributed by atoms with Gasteiger partial charge in [0.05, 0.1) is 10.5 Å². The van der Waals surface area contributed by atoms with Crippen molar-refractivity contribution in [3.05, 3.63) is 33.8 Å². The van der Waals surface area contributed by atoms with E-state index in [0.717, 1.165) is 0 Å². The summed E-state index contributed by atoms with van der Waals surface area (Å²) >= 11 is 3.01. The van der Waals surface area contributed by atoms with Gasteiger partial charge in [0.2, 0.25) is 5.91 Å². The largest absolute Gasteiger partial charge is 0.350 e. The average molecular weight is 349 g/mol. The molecule has 1 amide bonds. The number of rotatable bonds is 4. The lowest BCUT2D eigenvalue weighted by atomic mass is 10.1. The Bertz CT molecular complexity index is 501. The Labute approximate surface area is 126 Å². The van der Waals surface area contributed by atoms with Gasteiger partial charge in [-0.1, -0.05) is 0 Å². The maximum absolute atomic E-state index is 13.8. The van der Waals surface area contributed by atoms with E-state index in [4.69, 9.17) is 0 Å². The van der Waals surface area contributed by atoms with Crippen molar-refractivity contribution in [2.75, 3.05) is 0 Å². The molecule has 1 rings (SSSR count). The van der Waals surface area contributed by atoms with Crippen molar-refractivity contribution in [3.63, 3.8) is 0 Å². The Morgan fingerprint density at radius 1 is 1.35 bits per heavy atom. The lowest BCUT2D eigenvalue weighted by Gasteiger charge is -2.23. The molecule has 1 aromatic carbocycles. The first-order valence-corrected chi connectivity index (χ1v) is 7.09. The summed E-state index contributed by atoms with van der Waals surface area (Å²) in [7, 11) is 0. The van der Waals surface area contributed by atoms with Crippen LogP contribution in [0.5, 0.6) is 0 Å². The minimum absolute atomic E-state index is 0.0597. The predicted molar refractivity (Wildman–Crippen MR) is 78.3 cm³/mol. The van der Waals surface area contributed by atoms with Gasteiger partial charge in [-0.2, -0.15) is 0 Å². The quantitative estimate of drug-likeness (QED) is 0.820. The molecule has 6 heteroatoms. The molecule has 0 spiro atoms. The third kappa shape index (κ3) is 4.83. The maximum atomic E-state index is 13.8. The first kappa shape index (κ1) is 17.0. The molecule has 3 nitrogen and oxygen atoms in total. The van der Waals surface area contributed by atoms with Gasteiger partial charge in [0.25, 0.3) is 0 Å². The van der Waals surface area contributed by atoms with Crippen molar-refractivity contribution in [1.82, 2.24) is 10.6 Å². The van der Waals surface area contributed by atoms with Crippen LogP contribution in [-0.2, 0) is 11.3 Å². The van der Waals surface area contributed by atoms with Gasteiger partial charge in [-0.05, 0) is 55.8 Å². The molecule has 0 heterocycles. The normalized spacial score (nSPS) is 13.2. The summed E-state index contributed by atoms with van der Waals surface area (Å²) in [5, 5.41) is 5.61. The Kier molecular flexibility index (Phi) is 5.65. The number of hydrogen-bond acceptors (Lipinski definition) is 2. The molecule has 0 aliphatic heterocycles. The molecule has 1 atom stereocenters. The second-order valence-electron chi connectivity index (χ2n) is 5.66. The molecule has 20 heavy (non-hydrogen) atoms. The molecule has 112 valence electrons. The number of halogens is 3. The number of benzene rings is 1. The highest BCUT2D eigenvalue weighted by molar-refractivity contribution is 9.10. The number of nitrogens with one attached hydrogen (secondary N) is 2. The predicted octanol–water partition coefficient (Wildman–Crippen LogP) is 3.12. The lowest BCUT2D eigenvalue weighted by molar-refractivity contribution is -0.124. The molecular weight excluding hydrogens is 330 g/mol. The number of hydrogen-bond donors (Lipinski definition) is 2. The monoisotopic (exact) mass is 348 g/mol. The fraction of sp³-hybridized carbons (Fsp3) is 0.500. The molecule has 0 aliphatic rings. The van der Waals surface area contributed by atoms with Gasteiger partial charge in [-0.15, -0.1) is 0 Å². The summed E-state index contributed by atoms with van der Waals surface area (Å²) in [6.07, 6.45) is 0. The molecule has 0 saturated carbocycles. The number of carbonyl (C=O) groups is 1. The molecule has 0 fully saturated rings. The van der Waals surface area contributed by atoms with Crippen molar-refractivity contribution in [1.29, 1.82) is 0 Å². The van der Waals surface area contributed by atoms with Crippen LogP contribution in [0, 0.1) is 11.6 Å². The molecule has 0 aliphatic carbocycles. The molecular formula is C14H19BrF2N2O. The SMILES string of the molecule is CC(NCc1c(F)ccc(Br)c1F)C(=O)NC(C)(C)C. The molecule has 0 aromatic heterocycles. The van der Waals surface area contributed by atoms with E-state index < -0.39 is 17.7 Å². The Balaban J connectivity index is 2.68. The molecule has 0 saturated heterocycles. The maximum Gasteiger partial charge on any atom is 0.237 e. The van der Waals surface area contributed by atoms with E-state index in [1.807, 2.05) is 20.8 Å². The van der Waals surface area contributed by atoms with Crippen molar-refractivity contribution in [2.45, 2.75) is 45.8 Å². The smallest absolute Gasteiger partial charge is 0.237 e. The molecule has 0 bridgehead atoms. The van der Waals surface area contributed by atoms with Gasteiger partial charge in [0, 0.05) is 17.6 Å². The van der Waals surface area contributed by atoms with E-state index in [2.05, 4.69) is 26.6 Å². The van der Waals surface area contributed by atoms with Gasteiger partial charge in [0.15, 0.2) is 0 Å². The minimum Gasteiger partial charge on any atom is -0.350 e. The van der Waals surface area contributed by atoms with Crippen LogP contribution in [0.25, 0.3) is 0 Å². The van der Waals surface area contributed by atoms with Gasteiger partial charge >= 0.3 is 0 Å². The Morgan fingerprint density at radius 2 is 1.95 bits per heavy atom. The van der Waals surface area contributed by atoms with Crippen LogP contribution in [0.1, 0.15) is 33.3 Å². The minimum atomic E-state index is -0.652. The van der Waals surface area contributed by atoms with Crippen LogP contribution >= 0.6 is 15.9 Å². The van der Waals surface area contributed by atoms with Crippen LogP contribution in [-0.4, -0.2) is 17.5 Å². The van der Waals surface area contributed by atoms with E-state index in [1.54, 1.807) is 6.92 Å². The van der Waals surface area contributed by atoms with E-state index in [1.165, 1.54) is 12.1 Å². The fourth-order valence-electron chi connectivity index (χ4n) is 1.56. The highest BCUT2D eigenvalue weighted by Crippen LogP contribution is 2.21. The summed E-state index contributed by atoms with van der Waals surface area (Å²) in [6.45, 7) is 7.19. The Hall–Kier alpha value is -1.01. The summed E-state index contributed by atoms with van der Waals surface area (Å²) in [6, 6.07) is 1.94. The fourth-order valence-corrected chi connectivity index (χ4v) is 1.93. The Morgan fingerprint density at radius 3 is 2.50 bits per heavy atom. The highest BCUT2D eigenvalue weighted by Gasteiger charge is 2.20. The van der Waals surface area contributed by atoms with Gasteiger partial charge in [-0.3, -0.25) is 4.79 Å². The van der Waals surface area contributed by atoms with Crippen molar-refractivity contribution >= 4 is 21.8 Å². The van der Waals surface area contributed by atoms with E-state index >= 15 is 0 Å². The molecule has 0 radical (unpaired) electrons. The second kappa shape index (κ2) is 6.63. The second-order valence-corrected chi connectivity index (χ2v) is 6.52. The zero-order valence-electron chi connectivity index (χ0n) is 12.0. The topological polar surface area (TPSA) is 41.1 Å². The number of carbonyl (C=O) groups excluding carboxylic acids is 1. The zero-order chi connectivity index (χ0) is 15.5. The van der Waals surface area contributed by atoms with Gasteiger partial charge < -0.3 is 10.6 Å². The lowest BCUT2D eigenvalue weighted by Crippen LogP contribution is -2.49. The molecule has 1 aromatic rings. The summed E-state index contributed by atoms with van der Waals surface area (Å²) < 4.78 is 27.5. The van der Waals surface area contributed by atoms with E-state index in [-0.39, 0.29) is 28.0 Å². The van der Waals surface area contributed by atoms with Crippen molar-refractivity contribution in [2.24, 2.45) is 0 Å². The van der Waals surface area contributed by atoms with Gasteiger partial charge in [0.1, 0.15) is 11.6 Å². The highest BCUT2D eigenvalue weighted by atomic mass is 79.9. The third-order valence-corrected chi connectivity index (χ3v) is 3.23. The van der Waals surface area contributed by atoms with Crippen LogP contribution in [0.4, 0.5) is 8.78 Å². The third-order valence-electron chi connectivity index (χ3n) is 2.62. The average Bonchev–Trinajstić information content (AvgIpc) is 2.31. The number of amides is 1. The van der Waals surface area contributed by atoms with Crippen LogP contribution in [0.2, 0.25) is 0 Å². The van der Waals surface area contributed by atoms with Crippen molar-refractivity contribution < 1.29 is 13.6 Å². The molecule has 1 unspecified atom stereocenters. The van der Waals surface area contributed by atoms with Crippen LogP contribution in [0.15, 0.2) is 16.6 Å².